The first-order valence-electron chi connectivity index (χ1n) is 6.76. The molecule has 1 atom stereocenters. The summed E-state index contributed by atoms with van der Waals surface area (Å²) in [5, 5.41) is 0. The third-order valence-corrected chi connectivity index (χ3v) is 4.46. The largest absolute Gasteiger partial charge is 0.363 e. The summed E-state index contributed by atoms with van der Waals surface area (Å²) in [6, 6.07) is 0. The zero-order valence-corrected chi connectivity index (χ0v) is 15.3. The predicted octanol–water partition coefficient (Wildman–Crippen LogP) is 2.41. The van der Waals surface area contributed by atoms with Crippen LogP contribution in [0, 0.1) is 0 Å². The summed E-state index contributed by atoms with van der Waals surface area (Å²) in [5.41, 5.74) is 0. The van der Waals surface area contributed by atoms with E-state index in [2.05, 4.69) is 0 Å². The summed E-state index contributed by atoms with van der Waals surface area (Å²) in [6.45, 7) is 8.81. The van der Waals surface area contributed by atoms with Crippen molar-refractivity contribution in [2.45, 2.75) is 52.9 Å². The van der Waals surface area contributed by atoms with Gasteiger partial charge in [-0.05, 0) is 34.6 Å². The van der Waals surface area contributed by atoms with Crippen molar-refractivity contribution in [1.29, 1.82) is 0 Å². The number of sulfone groups is 1. The quantitative estimate of drug-likeness (QED) is 0.531. The molecule has 0 aliphatic rings. The molecule has 0 rings (SSSR count). The van der Waals surface area contributed by atoms with Crippen molar-refractivity contribution < 1.29 is 31.5 Å². The lowest BCUT2D eigenvalue weighted by atomic mass is 10.4. The Balaban J connectivity index is 4.31. The van der Waals surface area contributed by atoms with Gasteiger partial charge in [-0.2, -0.15) is 0 Å². The van der Waals surface area contributed by atoms with Gasteiger partial charge in [0.1, 0.15) is 12.3 Å². The van der Waals surface area contributed by atoms with Crippen LogP contribution in [0.15, 0.2) is 0 Å². The molecule has 9 heteroatoms. The number of ether oxygens (including phenoxy) is 2. The molecule has 0 aromatic carbocycles. The van der Waals surface area contributed by atoms with Crippen LogP contribution in [0.3, 0.4) is 0 Å². The van der Waals surface area contributed by atoms with Gasteiger partial charge in [0.05, 0.1) is 24.9 Å². The van der Waals surface area contributed by atoms with Crippen molar-refractivity contribution in [1.82, 2.24) is 0 Å². The zero-order chi connectivity index (χ0) is 16.7. The van der Waals surface area contributed by atoms with Crippen LogP contribution in [0.1, 0.15) is 34.6 Å². The van der Waals surface area contributed by atoms with Crippen molar-refractivity contribution in [3.05, 3.63) is 0 Å². The van der Waals surface area contributed by atoms with Gasteiger partial charge in [-0.15, -0.1) is 0 Å². The first-order chi connectivity index (χ1) is 9.43. The van der Waals surface area contributed by atoms with Gasteiger partial charge in [0, 0.05) is 6.26 Å². The summed E-state index contributed by atoms with van der Waals surface area (Å²) in [7, 11) is -6.52. The number of hydrogen-bond donors (Lipinski definition) is 0. The Kier molecular flexibility index (Phi) is 9.23. The molecule has 0 N–H and O–H groups in total. The van der Waals surface area contributed by atoms with Crippen LogP contribution in [0.25, 0.3) is 0 Å². The van der Waals surface area contributed by atoms with Gasteiger partial charge in [0.2, 0.25) is 0 Å². The van der Waals surface area contributed by atoms with Gasteiger partial charge in [0.25, 0.3) is 0 Å². The minimum Gasteiger partial charge on any atom is -0.363 e. The highest BCUT2D eigenvalue weighted by atomic mass is 32.2. The summed E-state index contributed by atoms with van der Waals surface area (Å²) in [6.07, 6.45) is -0.0524. The lowest BCUT2D eigenvalue weighted by Gasteiger charge is -2.24. The smallest absolute Gasteiger partial charge is 0.356 e. The van der Waals surface area contributed by atoms with E-state index in [0.29, 0.717) is 0 Å². The van der Waals surface area contributed by atoms with E-state index in [1.54, 1.807) is 34.6 Å². The van der Waals surface area contributed by atoms with Crippen molar-refractivity contribution >= 4 is 17.4 Å². The normalized spacial score (nSPS) is 14.9. The molecular formula is C12H27O7PS. The minimum atomic E-state index is -3.35. The average Bonchev–Trinajstić information content (AvgIpc) is 2.22. The fraction of sp³-hybridized carbons (Fsp3) is 1.00. The number of hydrogen-bond acceptors (Lipinski definition) is 7. The van der Waals surface area contributed by atoms with Gasteiger partial charge < -0.3 is 18.5 Å². The summed E-state index contributed by atoms with van der Waals surface area (Å²) in [4.78, 5) is 0. The zero-order valence-electron chi connectivity index (χ0n) is 13.6. The molecule has 0 amide bonds. The Morgan fingerprint density at radius 2 is 1.48 bits per heavy atom. The lowest BCUT2D eigenvalue weighted by molar-refractivity contribution is 0.0111. The highest BCUT2D eigenvalue weighted by molar-refractivity contribution is 7.90. The maximum absolute atomic E-state index is 12.5. The van der Waals surface area contributed by atoms with Gasteiger partial charge in [-0.3, -0.25) is 4.57 Å². The maximum atomic E-state index is 12.5. The predicted molar refractivity (Wildman–Crippen MR) is 81.1 cm³/mol. The molecule has 0 aromatic heterocycles. The molecule has 0 aliphatic carbocycles. The number of rotatable bonds is 11. The van der Waals surface area contributed by atoms with Crippen LogP contribution in [0.2, 0.25) is 0 Å². The van der Waals surface area contributed by atoms with Crippen LogP contribution in [0.4, 0.5) is 0 Å². The van der Waals surface area contributed by atoms with Crippen molar-refractivity contribution in [2.24, 2.45) is 0 Å². The third-order valence-electron chi connectivity index (χ3n) is 1.91. The molecule has 0 heterocycles. The molecule has 0 spiro atoms. The Hall–Kier alpha value is 0.0200. The first kappa shape index (κ1) is 21.0. The molecule has 0 saturated heterocycles. The van der Waals surface area contributed by atoms with E-state index in [4.69, 9.17) is 18.5 Å². The van der Waals surface area contributed by atoms with Crippen LogP contribution < -0.4 is 0 Å². The lowest BCUT2D eigenvalue weighted by Crippen LogP contribution is -2.21. The Labute approximate surface area is 127 Å². The van der Waals surface area contributed by atoms with Crippen LogP contribution in [-0.2, 0) is 32.9 Å². The van der Waals surface area contributed by atoms with E-state index in [1.165, 1.54) is 0 Å². The van der Waals surface area contributed by atoms with E-state index < -0.39 is 23.5 Å². The summed E-state index contributed by atoms with van der Waals surface area (Å²) in [5.74, 6) is -0.372. The topological polar surface area (TPSA) is 88.1 Å². The van der Waals surface area contributed by atoms with Crippen molar-refractivity contribution in [2.75, 3.05) is 25.1 Å². The van der Waals surface area contributed by atoms with Crippen LogP contribution in [0.5, 0.6) is 0 Å². The van der Waals surface area contributed by atoms with Crippen molar-refractivity contribution in [3.63, 3.8) is 0 Å². The molecule has 0 fully saturated rings. The Morgan fingerprint density at radius 1 is 1.00 bits per heavy atom. The Bertz CT molecular complexity index is 419. The van der Waals surface area contributed by atoms with E-state index in [1.807, 2.05) is 0 Å². The second-order valence-electron chi connectivity index (χ2n) is 5.44. The standard InChI is InChI=1S/C12H27O7PS/c1-10(2)18-20(13,19-11(3)4)8-17-12(5)7-16-9-21(6,14)15/h10-12H,7-9H2,1-6H3/t12-/m1/s1. The minimum absolute atomic E-state index is 0.0798. The Morgan fingerprint density at radius 3 is 1.86 bits per heavy atom. The maximum Gasteiger partial charge on any atom is 0.356 e. The molecule has 0 bridgehead atoms. The summed E-state index contributed by atoms with van der Waals surface area (Å²) >= 11 is 0. The van der Waals surface area contributed by atoms with E-state index in [0.717, 1.165) is 6.26 Å². The van der Waals surface area contributed by atoms with Crippen molar-refractivity contribution in [3.8, 4) is 0 Å². The molecule has 7 nitrogen and oxygen atoms in total. The third kappa shape index (κ3) is 12.3. The molecule has 0 radical (unpaired) electrons. The second kappa shape index (κ2) is 9.22. The molecule has 0 aliphatic heterocycles. The van der Waals surface area contributed by atoms with E-state index in [-0.39, 0.29) is 31.1 Å². The fourth-order valence-corrected chi connectivity index (χ4v) is 3.65. The average molecular weight is 346 g/mol. The molecule has 0 saturated carbocycles. The molecule has 128 valence electrons. The van der Waals surface area contributed by atoms with Crippen LogP contribution in [-0.4, -0.2) is 51.9 Å². The first-order valence-corrected chi connectivity index (χ1v) is 10.6. The molecule has 21 heavy (non-hydrogen) atoms. The highest BCUT2D eigenvalue weighted by Crippen LogP contribution is 2.50. The van der Waals surface area contributed by atoms with Gasteiger partial charge in [0.15, 0.2) is 9.84 Å². The fourth-order valence-electron chi connectivity index (χ4n) is 1.36. The van der Waals surface area contributed by atoms with E-state index in [9.17, 15) is 13.0 Å². The molecule has 0 aromatic rings. The van der Waals surface area contributed by atoms with Gasteiger partial charge in [-0.1, -0.05) is 0 Å². The summed E-state index contributed by atoms with van der Waals surface area (Å²) < 4.78 is 55.4. The monoisotopic (exact) mass is 346 g/mol. The molecule has 0 unspecified atom stereocenters. The SMILES string of the molecule is CC(C)OP(=O)(CO[C@H](C)COCS(C)(=O)=O)OC(C)C. The second-order valence-corrected chi connectivity index (χ2v) is 9.43. The molecular weight excluding hydrogens is 319 g/mol. The van der Waals surface area contributed by atoms with Gasteiger partial charge in [-0.25, -0.2) is 8.42 Å². The highest BCUT2D eigenvalue weighted by Gasteiger charge is 2.29. The van der Waals surface area contributed by atoms with Gasteiger partial charge >= 0.3 is 7.60 Å². The van der Waals surface area contributed by atoms with Crippen LogP contribution >= 0.6 is 7.60 Å². The van der Waals surface area contributed by atoms with E-state index >= 15 is 0 Å².